The molecule has 5 heteroatoms. The number of halogens is 2. The molecule has 116 valence electrons. The highest BCUT2D eigenvalue weighted by Gasteiger charge is 2.17. The van der Waals surface area contributed by atoms with Crippen molar-refractivity contribution < 1.29 is 9.18 Å². The zero-order valence-electron chi connectivity index (χ0n) is 12.3. The number of hydrogen-bond donors (Lipinski definition) is 1. The molecular formula is C17H17ClFNOS. The summed E-state index contributed by atoms with van der Waals surface area (Å²) in [6, 6.07) is 13.4. The Morgan fingerprint density at radius 2 is 1.68 bits per heavy atom. The van der Waals surface area contributed by atoms with E-state index in [1.807, 2.05) is 26.0 Å². The van der Waals surface area contributed by atoms with Crippen molar-refractivity contribution in [2.45, 2.75) is 30.0 Å². The van der Waals surface area contributed by atoms with Gasteiger partial charge in [0.1, 0.15) is 5.82 Å². The van der Waals surface area contributed by atoms with E-state index in [0.717, 1.165) is 10.5 Å². The number of carbonyl (C=O) groups is 1. The van der Waals surface area contributed by atoms with Gasteiger partial charge in [-0.05, 0) is 55.8 Å². The number of hydrogen-bond acceptors (Lipinski definition) is 2. The molecule has 2 nitrogen and oxygen atoms in total. The maximum absolute atomic E-state index is 12.9. The smallest absolute Gasteiger partial charge is 0.233 e. The van der Waals surface area contributed by atoms with Crippen LogP contribution in [0.5, 0.6) is 0 Å². The van der Waals surface area contributed by atoms with Gasteiger partial charge in [0.05, 0.1) is 11.3 Å². The molecule has 2 aromatic rings. The number of amides is 1. The minimum atomic E-state index is -0.283. The largest absolute Gasteiger partial charge is 0.349 e. The zero-order valence-corrected chi connectivity index (χ0v) is 13.9. The van der Waals surface area contributed by atoms with Crippen molar-refractivity contribution in [1.82, 2.24) is 5.32 Å². The van der Waals surface area contributed by atoms with Crippen molar-refractivity contribution in [2.24, 2.45) is 0 Å². The molecule has 0 radical (unpaired) electrons. The first-order valence-electron chi connectivity index (χ1n) is 6.94. The molecule has 0 saturated heterocycles. The molecule has 1 N–H and O–H groups in total. The average molecular weight is 338 g/mol. The number of nitrogens with one attached hydrogen (secondary N) is 1. The van der Waals surface area contributed by atoms with Crippen LogP contribution in [-0.4, -0.2) is 11.2 Å². The van der Waals surface area contributed by atoms with Crippen molar-refractivity contribution in [3.8, 4) is 0 Å². The van der Waals surface area contributed by atoms with Crippen LogP contribution in [0.25, 0.3) is 0 Å². The number of rotatable bonds is 5. The van der Waals surface area contributed by atoms with Crippen molar-refractivity contribution in [1.29, 1.82) is 0 Å². The normalized spacial score (nSPS) is 13.5. The first kappa shape index (κ1) is 16.8. The lowest BCUT2D eigenvalue weighted by atomic mass is 10.1. The molecule has 22 heavy (non-hydrogen) atoms. The van der Waals surface area contributed by atoms with E-state index in [-0.39, 0.29) is 23.0 Å². The molecule has 0 unspecified atom stereocenters. The van der Waals surface area contributed by atoms with Crippen LogP contribution in [0.1, 0.15) is 25.5 Å². The summed E-state index contributed by atoms with van der Waals surface area (Å²) in [4.78, 5) is 13.2. The van der Waals surface area contributed by atoms with Gasteiger partial charge in [-0.25, -0.2) is 4.39 Å². The van der Waals surface area contributed by atoms with Gasteiger partial charge >= 0.3 is 0 Å². The lowest BCUT2D eigenvalue weighted by molar-refractivity contribution is -0.120. The van der Waals surface area contributed by atoms with E-state index in [9.17, 15) is 9.18 Å². The maximum atomic E-state index is 12.9. The fraction of sp³-hybridized carbons (Fsp3) is 0.235. The molecule has 1 amide bonds. The summed E-state index contributed by atoms with van der Waals surface area (Å²) in [5, 5.41) is 3.38. The fourth-order valence-corrected chi connectivity index (χ4v) is 2.94. The molecule has 0 fully saturated rings. The predicted molar refractivity (Wildman–Crippen MR) is 89.7 cm³/mol. The minimum Gasteiger partial charge on any atom is -0.349 e. The third-order valence-electron chi connectivity index (χ3n) is 3.22. The molecule has 0 aliphatic carbocycles. The summed E-state index contributed by atoms with van der Waals surface area (Å²) in [6.07, 6.45) is 0. The summed E-state index contributed by atoms with van der Waals surface area (Å²) in [5.41, 5.74) is 0.874. The summed E-state index contributed by atoms with van der Waals surface area (Å²) >= 11 is 7.31. The van der Waals surface area contributed by atoms with Gasteiger partial charge < -0.3 is 5.32 Å². The topological polar surface area (TPSA) is 29.1 Å². The molecule has 2 rings (SSSR count). The number of benzene rings is 2. The standard InChI is InChI=1S/C17H17ClFNOS/c1-11(13-3-7-15(19)8-4-13)20-17(21)12(2)22-16-9-5-14(18)6-10-16/h3-12H,1-2H3,(H,20,21)/t11-,12+/m1/s1. The summed E-state index contributed by atoms with van der Waals surface area (Å²) < 4.78 is 12.9. The highest BCUT2D eigenvalue weighted by atomic mass is 35.5. The molecule has 2 atom stereocenters. The Morgan fingerprint density at radius 3 is 2.27 bits per heavy atom. The van der Waals surface area contributed by atoms with E-state index in [1.165, 1.54) is 23.9 Å². The van der Waals surface area contributed by atoms with Gasteiger partial charge in [-0.3, -0.25) is 4.79 Å². The first-order chi connectivity index (χ1) is 10.5. The highest BCUT2D eigenvalue weighted by Crippen LogP contribution is 2.25. The quantitative estimate of drug-likeness (QED) is 0.791. The van der Waals surface area contributed by atoms with E-state index < -0.39 is 0 Å². The van der Waals surface area contributed by atoms with Crippen LogP contribution in [0, 0.1) is 5.82 Å². The molecule has 0 saturated carbocycles. The second-order valence-electron chi connectivity index (χ2n) is 5.00. The van der Waals surface area contributed by atoms with Gasteiger partial charge in [0, 0.05) is 9.92 Å². The van der Waals surface area contributed by atoms with Gasteiger partial charge in [-0.2, -0.15) is 0 Å². The molecule has 0 aromatic heterocycles. The van der Waals surface area contributed by atoms with Crippen LogP contribution in [0.3, 0.4) is 0 Å². The second kappa shape index (κ2) is 7.65. The predicted octanol–water partition coefficient (Wildman–Crippen LogP) is 4.84. The molecular weight excluding hydrogens is 321 g/mol. The summed E-state index contributed by atoms with van der Waals surface area (Å²) in [6.45, 7) is 3.73. The van der Waals surface area contributed by atoms with Crippen molar-refractivity contribution >= 4 is 29.3 Å². The van der Waals surface area contributed by atoms with Gasteiger partial charge in [0.25, 0.3) is 0 Å². The Bertz CT molecular complexity index is 630. The van der Waals surface area contributed by atoms with Gasteiger partial charge in [-0.1, -0.05) is 23.7 Å². The monoisotopic (exact) mass is 337 g/mol. The Hall–Kier alpha value is -1.52. The van der Waals surface area contributed by atoms with Crippen LogP contribution in [-0.2, 0) is 4.79 Å². The van der Waals surface area contributed by atoms with E-state index in [0.29, 0.717) is 5.02 Å². The van der Waals surface area contributed by atoms with Gasteiger partial charge in [0.2, 0.25) is 5.91 Å². The maximum Gasteiger partial charge on any atom is 0.233 e. The Morgan fingerprint density at radius 1 is 1.09 bits per heavy atom. The average Bonchev–Trinajstić information content (AvgIpc) is 2.50. The molecule has 0 aliphatic rings. The SMILES string of the molecule is C[C@H](Sc1ccc(Cl)cc1)C(=O)N[C@H](C)c1ccc(F)cc1. The van der Waals surface area contributed by atoms with E-state index >= 15 is 0 Å². The van der Waals surface area contributed by atoms with Crippen LogP contribution in [0.15, 0.2) is 53.4 Å². The van der Waals surface area contributed by atoms with Crippen LogP contribution >= 0.6 is 23.4 Å². The van der Waals surface area contributed by atoms with Crippen molar-refractivity contribution in [2.75, 3.05) is 0 Å². The van der Waals surface area contributed by atoms with Crippen LogP contribution in [0.2, 0.25) is 5.02 Å². The fourth-order valence-electron chi connectivity index (χ4n) is 1.94. The van der Waals surface area contributed by atoms with Crippen molar-refractivity contribution in [3.05, 3.63) is 64.9 Å². The number of carbonyl (C=O) groups excluding carboxylic acids is 1. The van der Waals surface area contributed by atoms with Crippen LogP contribution < -0.4 is 5.32 Å². The van der Waals surface area contributed by atoms with Crippen LogP contribution in [0.4, 0.5) is 4.39 Å². The number of thioether (sulfide) groups is 1. The molecule has 0 aliphatic heterocycles. The summed E-state index contributed by atoms with van der Waals surface area (Å²) in [5.74, 6) is -0.342. The van der Waals surface area contributed by atoms with E-state index in [2.05, 4.69) is 5.32 Å². The van der Waals surface area contributed by atoms with Crippen molar-refractivity contribution in [3.63, 3.8) is 0 Å². The molecule has 0 spiro atoms. The first-order valence-corrected chi connectivity index (χ1v) is 8.19. The Labute approximate surface area is 139 Å². The van der Waals surface area contributed by atoms with E-state index in [4.69, 9.17) is 11.6 Å². The van der Waals surface area contributed by atoms with Gasteiger partial charge in [-0.15, -0.1) is 11.8 Å². The second-order valence-corrected chi connectivity index (χ2v) is 6.85. The third kappa shape index (κ3) is 4.75. The van der Waals surface area contributed by atoms with Gasteiger partial charge in [0.15, 0.2) is 0 Å². The molecule has 2 aromatic carbocycles. The Kier molecular flexibility index (Phi) is 5.86. The van der Waals surface area contributed by atoms with E-state index in [1.54, 1.807) is 24.3 Å². The summed E-state index contributed by atoms with van der Waals surface area (Å²) in [7, 11) is 0. The molecule has 0 heterocycles. The molecule has 0 bridgehead atoms. The third-order valence-corrected chi connectivity index (χ3v) is 4.59. The lowest BCUT2D eigenvalue weighted by Gasteiger charge is -2.18. The Balaban J connectivity index is 1.93. The lowest BCUT2D eigenvalue weighted by Crippen LogP contribution is -2.33. The minimum absolute atomic E-state index is 0.0585. The zero-order chi connectivity index (χ0) is 16.1. The highest BCUT2D eigenvalue weighted by molar-refractivity contribution is 8.00.